The molecule has 1 aliphatic heterocycles. The average molecular weight is 796 g/mol. The smallest absolute Gasteiger partial charge is 0.220 e. The molecule has 7 atom stereocenters. The molecule has 0 aliphatic carbocycles. The van der Waals surface area contributed by atoms with Crippen molar-refractivity contribution in [2.45, 2.75) is 88.2 Å². The highest BCUT2D eigenvalue weighted by Gasteiger charge is 2.42. The van der Waals surface area contributed by atoms with Crippen molar-refractivity contribution < 1.29 is 33.6 Å². The number of aliphatic hydroxyl groups excluding tert-OH is 1. The number of methoxy groups -OCH3 is 2. The Morgan fingerprint density at radius 1 is 0.938 bits per heavy atom. The molecular formula is C38H55INO7P. The van der Waals surface area contributed by atoms with Gasteiger partial charge in [-0.05, 0) is 81.0 Å². The molecule has 0 saturated carbocycles. The predicted octanol–water partition coefficient (Wildman–Crippen LogP) is 7.72. The number of hydrogen-bond donors (Lipinski definition) is 2. The summed E-state index contributed by atoms with van der Waals surface area (Å²) in [7, 11) is 6.08. The van der Waals surface area contributed by atoms with Gasteiger partial charge < -0.3 is 34.1 Å². The van der Waals surface area contributed by atoms with Crippen molar-refractivity contribution in [3.8, 4) is 11.5 Å². The molecule has 3 aromatic carbocycles. The van der Waals surface area contributed by atoms with Gasteiger partial charge in [0.25, 0.3) is 0 Å². The van der Waals surface area contributed by atoms with Crippen molar-refractivity contribution in [3.63, 3.8) is 0 Å². The van der Waals surface area contributed by atoms with Crippen LogP contribution in [0.15, 0.2) is 78.9 Å². The predicted molar refractivity (Wildman–Crippen MR) is 205 cm³/mol. The molecule has 4 rings (SSSR count). The molecule has 266 valence electrons. The van der Waals surface area contributed by atoms with Crippen LogP contribution in [-0.4, -0.2) is 66.7 Å². The molecular weight excluding hydrogens is 740 g/mol. The minimum Gasteiger partial charge on any atom is -0.497 e. The van der Waals surface area contributed by atoms with Crippen LogP contribution in [0.25, 0.3) is 0 Å². The molecule has 10 heteroatoms. The van der Waals surface area contributed by atoms with Crippen LogP contribution in [0.1, 0.15) is 71.1 Å². The summed E-state index contributed by atoms with van der Waals surface area (Å²) in [6, 6.07) is 26.0. The summed E-state index contributed by atoms with van der Waals surface area (Å²) in [6.07, 6.45) is 0.732. The zero-order valence-electron chi connectivity index (χ0n) is 29.7. The third kappa shape index (κ3) is 12.0. The van der Waals surface area contributed by atoms with E-state index in [0.717, 1.165) is 34.6 Å². The largest absolute Gasteiger partial charge is 0.497 e. The van der Waals surface area contributed by atoms with Crippen molar-refractivity contribution in [3.05, 3.63) is 95.6 Å². The zero-order valence-corrected chi connectivity index (χ0v) is 33.0. The van der Waals surface area contributed by atoms with E-state index in [1.54, 1.807) is 21.1 Å². The Morgan fingerprint density at radius 3 is 1.88 bits per heavy atom. The maximum absolute atomic E-state index is 13.1. The number of aliphatic hydroxyl groups is 1. The maximum atomic E-state index is 13.1. The Kier molecular flexibility index (Phi) is 19.0. The van der Waals surface area contributed by atoms with Gasteiger partial charge in [0.1, 0.15) is 21.2 Å². The summed E-state index contributed by atoms with van der Waals surface area (Å²) in [5, 5.41) is 10.7. The van der Waals surface area contributed by atoms with Crippen molar-refractivity contribution in [2.24, 2.45) is 5.92 Å². The van der Waals surface area contributed by atoms with E-state index in [-0.39, 0.29) is 53.2 Å². The molecule has 3 aromatic rings. The first kappa shape index (κ1) is 41.9. The van der Waals surface area contributed by atoms with Crippen LogP contribution in [-0.2, 0) is 24.6 Å². The SMILES string of the molecule is CC.CCO.COc1ccc(C(OCC2OC(P)C[C@H]2CC(=O)N[C@H](C)C(C)OC(C)I)(c2ccccc2)c2ccc(OC)cc2)cc1. The molecule has 1 amide bonds. The van der Waals surface area contributed by atoms with E-state index in [1.807, 2.05) is 101 Å². The highest BCUT2D eigenvalue weighted by Crippen LogP contribution is 2.43. The number of nitrogens with one attached hydrogen (secondary N) is 1. The van der Waals surface area contributed by atoms with E-state index < -0.39 is 5.60 Å². The highest BCUT2D eigenvalue weighted by atomic mass is 127. The van der Waals surface area contributed by atoms with E-state index in [1.165, 1.54) is 0 Å². The van der Waals surface area contributed by atoms with Crippen molar-refractivity contribution in [1.82, 2.24) is 5.32 Å². The summed E-state index contributed by atoms with van der Waals surface area (Å²) in [5.74, 6) is 1.45. The minimum absolute atomic E-state index is 0.00497. The fourth-order valence-electron chi connectivity index (χ4n) is 5.59. The fraction of sp³-hybridized carbons (Fsp3) is 0.500. The van der Waals surface area contributed by atoms with Gasteiger partial charge in [-0.15, -0.1) is 9.24 Å². The van der Waals surface area contributed by atoms with Crippen LogP contribution in [0.2, 0.25) is 0 Å². The molecule has 2 N–H and O–H groups in total. The topological polar surface area (TPSA) is 95.5 Å². The highest BCUT2D eigenvalue weighted by molar-refractivity contribution is 14.1. The average Bonchev–Trinajstić information content (AvgIpc) is 3.44. The van der Waals surface area contributed by atoms with Crippen LogP contribution in [0.5, 0.6) is 11.5 Å². The van der Waals surface area contributed by atoms with Crippen molar-refractivity contribution in [2.75, 3.05) is 27.4 Å². The monoisotopic (exact) mass is 795 g/mol. The number of carbonyl (C=O) groups excluding carboxylic acids is 1. The number of hydrogen-bond acceptors (Lipinski definition) is 7. The van der Waals surface area contributed by atoms with Gasteiger partial charge in [-0.1, -0.05) is 91.0 Å². The summed E-state index contributed by atoms with van der Waals surface area (Å²) in [6.45, 7) is 12.2. The number of rotatable bonds is 14. The molecule has 1 heterocycles. The first-order chi connectivity index (χ1) is 23.1. The third-order valence-electron chi connectivity index (χ3n) is 7.99. The molecule has 0 aromatic heterocycles. The van der Waals surface area contributed by atoms with Gasteiger partial charge in [-0.2, -0.15) is 0 Å². The number of alkyl halides is 1. The van der Waals surface area contributed by atoms with Gasteiger partial charge in [0, 0.05) is 13.0 Å². The second-order valence-electron chi connectivity index (χ2n) is 11.3. The summed E-state index contributed by atoms with van der Waals surface area (Å²) in [4.78, 5) is 13.1. The van der Waals surface area contributed by atoms with E-state index in [0.29, 0.717) is 6.42 Å². The van der Waals surface area contributed by atoms with Gasteiger partial charge in [-0.25, -0.2) is 0 Å². The molecule has 0 bridgehead atoms. The van der Waals surface area contributed by atoms with Gasteiger partial charge in [0.2, 0.25) is 5.91 Å². The number of ether oxygens (including phenoxy) is 5. The lowest BCUT2D eigenvalue weighted by molar-refractivity contribution is -0.125. The molecule has 48 heavy (non-hydrogen) atoms. The Balaban J connectivity index is 0.00000151. The Labute approximate surface area is 304 Å². The zero-order chi connectivity index (χ0) is 35.7. The Bertz CT molecular complexity index is 1260. The van der Waals surface area contributed by atoms with Crippen molar-refractivity contribution in [1.29, 1.82) is 0 Å². The second kappa shape index (κ2) is 21.7. The van der Waals surface area contributed by atoms with Crippen LogP contribution < -0.4 is 14.8 Å². The molecule has 0 radical (unpaired) electrons. The molecule has 5 unspecified atom stereocenters. The normalized spacial score (nSPS) is 19.0. The number of carbonyl (C=O) groups is 1. The summed E-state index contributed by atoms with van der Waals surface area (Å²) < 4.78 is 30.3. The quantitative estimate of drug-likeness (QED) is 0.0747. The fourth-order valence-corrected chi connectivity index (χ4v) is 6.61. The van der Waals surface area contributed by atoms with Gasteiger partial charge in [0.05, 0.1) is 44.9 Å². The van der Waals surface area contributed by atoms with E-state index in [9.17, 15) is 4.79 Å². The molecule has 1 fully saturated rings. The first-order valence-electron chi connectivity index (χ1n) is 16.7. The van der Waals surface area contributed by atoms with Crippen LogP contribution in [0.4, 0.5) is 0 Å². The molecule has 0 spiro atoms. The summed E-state index contributed by atoms with van der Waals surface area (Å²) in [5.41, 5.74) is 1.93. The van der Waals surface area contributed by atoms with Gasteiger partial charge >= 0.3 is 0 Å². The second-order valence-corrected chi connectivity index (χ2v) is 13.8. The third-order valence-corrected chi connectivity index (χ3v) is 8.71. The summed E-state index contributed by atoms with van der Waals surface area (Å²) >= 11 is 2.22. The first-order valence-corrected chi connectivity index (χ1v) is 18.6. The van der Waals surface area contributed by atoms with E-state index in [2.05, 4.69) is 49.3 Å². The molecule has 1 saturated heterocycles. The van der Waals surface area contributed by atoms with Crippen LogP contribution in [0, 0.1) is 5.92 Å². The molecule has 8 nitrogen and oxygen atoms in total. The number of halogens is 1. The van der Waals surface area contributed by atoms with E-state index in [4.69, 9.17) is 28.8 Å². The minimum atomic E-state index is -0.952. The van der Waals surface area contributed by atoms with Crippen LogP contribution in [0.3, 0.4) is 0 Å². The number of benzene rings is 3. The lowest BCUT2D eigenvalue weighted by Crippen LogP contribution is -2.43. The lowest BCUT2D eigenvalue weighted by atomic mass is 9.80. The standard InChI is InChI=1S/C34H43INO6P.C2H6O.C2H6/c1-22(23(2)41-24(3)35)36-32(37)19-25-20-33(43)42-31(25)21-40-34(26-9-7-6-8-10-26,27-11-15-29(38-4)16-12-27)28-13-17-30(39-5)18-14-28;1-2-3;1-2/h6-18,22-25,31,33H,19-21,43H2,1-5H3,(H,36,37);3H,2H2,1H3;1-2H3/t22-,23?,24?,25-,31?,33?;;/m1../s1. The van der Waals surface area contributed by atoms with Crippen molar-refractivity contribution >= 4 is 37.7 Å². The maximum Gasteiger partial charge on any atom is 0.220 e. The van der Waals surface area contributed by atoms with Gasteiger partial charge in [-0.3, -0.25) is 4.79 Å². The molecule has 1 aliphatic rings. The Hall–Kier alpha value is -2.27. The van der Waals surface area contributed by atoms with Crippen LogP contribution >= 0.6 is 31.8 Å². The van der Waals surface area contributed by atoms with Gasteiger partial charge in [0.15, 0.2) is 0 Å². The Morgan fingerprint density at radius 2 is 1.42 bits per heavy atom. The number of amides is 1. The lowest BCUT2D eigenvalue weighted by Gasteiger charge is -2.37. The van der Waals surface area contributed by atoms with E-state index >= 15 is 0 Å².